The topological polar surface area (TPSA) is 80.9 Å². The third-order valence-electron chi connectivity index (χ3n) is 2.36. The van der Waals surface area contributed by atoms with E-state index in [1.165, 1.54) is 6.20 Å². The number of hydrogen-bond donors (Lipinski definition) is 1. The molecule has 2 heterocycles. The summed E-state index contributed by atoms with van der Waals surface area (Å²) < 4.78 is 4.86. The molecule has 0 saturated heterocycles. The summed E-state index contributed by atoms with van der Waals surface area (Å²) in [7, 11) is 0. The van der Waals surface area contributed by atoms with Crippen molar-refractivity contribution in [3.8, 4) is 0 Å². The number of anilines is 1. The molecule has 0 spiro atoms. The number of amides is 1. The zero-order valence-electron chi connectivity index (χ0n) is 10.8. The zero-order valence-corrected chi connectivity index (χ0v) is 11.5. The molecule has 2 rings (SSSR count). The van der Waals surface area contributed by atoms with E-state index in [1.807, 2.05) is 13.8 Å². The molecule has 0 aliphatic rings. The number of aryl methyl sites for hydroxylation is 1. The summed E-state index contributed by atoms with van der Waals surface area (Å²) in [6.45, 7) is 5.61. The van der Waals surface area contributed by atoms with Crippen molar-refractivity contribution in [2.24, 2.45) is 0 Å². The minimum absolute atomic E-state index is 0.109. The van der Waals surface area contributed by atoms with Crippen molar-refractivity contribution in [2.45, 2.75) is 26.7 Å². The molecule has 0 aliphatic carbocycles. The van der Waals surface area contributed by atoms with Crippen molar-refractivity contribution >= 4 is 23.3 Å². The van der Waals surface area contributed by atoms with Crippen LogP contribution >= 0.6 is 11.6 Å². The minimum atomic E-state index is -0.442. The van der Waals surface area contributed by atoms with Gasteiger partial charge >= 0.3 is 0 Å². The molecule has 100 valence electrons. The Morgan fingerprint density at radius 1 is 1.47 bits per heavy atom. The SMILES string of the molecule is Cc1cc(NC(=O)c2nc(C(C)C)ncc2Cl)no1. The Kier molecular flexibility index (Phi) is 3.80. The van der Waals surface area contributed by atoms with Crippen molar-refractivity contribution in [1.29, 1.82) is 0 Å². The van der Waals surface area contributed by atoms with Crippen LogP contribution in [0.25, 0.3) is 0 Å². The van der Waals surface area contributed by atoms with Gasteiger partial charge in [-0.1, -0.05) is 30.6 Å². The lowest BCUT2D eigenvalue weighted by molar-refractivity contribution is 0.102. The first kappa shape index (κ1) is 13.5. The van der Waals surface area contributed by atoms with E-state index in [4.69, 9.17) is 16.1 Å². The summed E-state index contributed by atoms with van der Waals surface area (Å²) in [5, 5.41) is 6.44. The zero-order chi connectivity index (χ0) is 14.0. The minimum Gasteiger partial charge on any atom is -0.360 e. The number of nitrogens with one attached hydrogen (secondary N) is 1. The van der Waals surface area contributed by atoms with Gasteiger partial charge in [0.15, 0.2) is 11.5 Å². The van der Waals surface area contributed by atoms with Gasteiger partial charge in [-0.05, 0) is 6.92 Å². The number of carbonyl (C=O) groups excluding carboxylic acids is 1. The Morgan fingerprint density at radius 2 is 2.21 bits per heavy atom. The largest absolute Gasteiger partial charge is 0.360 e. The molecule has 0 saturated carbocycles. The number of hydrogen-bond acceptors (Lipinski definition) is 5. The van der Waals surface area contributed by atoms with Crippen molar-refractivity contribution in [3.05, 3.63) is 34.6 Å². The lowest BCUT2D eigenvalue weighted by atomic mass is 10.2. The smallest absolute Gasteiger partial charge is 0.277 e. The predicted molar refractivity (Wildman–Crippen MR) is 70.3 cm³/mol. The standard InChI is InChI=1S/C12H13ClN4O2/c1-6(2)11-14-5-8(13)10(16-11)12(18)15-9-4-7(3)19-17-9/h4-6H,1-3H3,(H,15,17,18). The summed E-state index contributed by atoms with van der Waals surface area (Å²) in [5.41, 5.74) is 0.126. The molecule has 2 aromatic heterocycles. The van der Waals surface area contributed by atoms with Crippen molar-refractivity contribution in [2.75, 3.05) is 5.32 Å². The van der Waals surface area contributed by atoms with Gasteiger partial charge in [0.1, 0.15) is 11.6 Å². The van der Waals surface area contributed by atoms with E-state index in [0.717, 1.165) is 0 Å². The Hall–Kier alpha value is -1.95. The highest BCUT2D eigenvalue weighted by atomic mass is 35.5. The fourth-order valence-corrected chi connectivity index (χ4v) is 1.60. The van der Waals surface area contributed by atoms with Crippen LogP contribution in [0.1, 0.15) is 41.8 Å². The Morgan fingerprint density at radius 3 is 2.79 bits per heavy atom. The fourth-order valence-electron chi connectivity index (χ4n) is 1.42. The quantitative estimate of drug-likeness (QED) is 0.935. The van der Waals surface area contributed by atoms with Gasteiger partial charge in [0, 0.05) is 12.0 Å². The van der Waals surface area contributed by atoms with Gasteiger partial charge in [-0.25, -0.2) is 9.97 Å². The van der Waals surface area contributed by atoms with Crippen LogP contribution in [0.15, 0.2) is 16.8 Å². The first-order chi connectivity index (χ1) is 8.97. The third-order valence-corrected chi connectivity index (χ3v) is 2.64. The van der Waals surface area contributed by atoms with Gasteiger partial charge in [0.05, 0.1) is 11.2 Å². The van der Waals surface area contributed by atoms with E-state index >= 15 is 0 Å². The summed E-state index contributed by atoms with van der Waals surface area (Å²) in [4.78, 5) is 20.3. The van der Waals surface area contributed by atoms with Crippen LogP contribution in [0.5, 0.6) is 0 Å². The van der Waals surface area contributed by atoms with E-state index in [1.54, 1.807) is 13.0 Å². The molecule has 19 heavy (non-hydrogen) atoms. The van der Waals surface area contributed by atoms with Crippen molar-refractivity contribution in [3.63, 3.8) is 0 Å². The molecule has 0 atom stereocenters. The van der Waals surface area contributed by atoms with E-state index in [0.29, 0.717) is 17.4 Å². The van der Waals surface area contributed by atoms with E-state index in [9.17, 15) is 4.79 Å². The maximum Gasteiger partial charge on any atom is 0.277 e. The molecule has 6 nitrogen and oxygen atoms in total. The predicted octanol–water partition coefficient (Wildman–Crippen LogP) is 2.80. The molecule has 2 aromatic rings. The van der Waals surface area contributed by atoms with Crippen LogP contribution in [0.2, 0.25) is 5.02 Å². The maximum absolute atomic E-state index is 12.1. The number of rotatable bonds is 3. The van der Waals surface area contributed by atoms with Crippen LogP contribution in [0.4, 0.5) is 5.82 Å². The second kappa shape index (κ2) is 5.36. The van der Waals surface area contributed by atoms with Gasteiger partial charge in [0.25, 0.3) is 5.91 Å². The Bertz CT molecular complexity index is 610. The van der Waals surface area contributed by atoms with Gasteiger partial charge in [0.2, 0.25) is 0 Å². The third kappa shape index (κ3) is 3.08. The Labute approximate surface area is 115 Å². The first-order valence-corrected chi connectivity index (χ1v) is 6.12. The Balaban J connectivity index is 2.25. The van der Waals surface area contributed by atoms with Crippen molar-refractivity contribution < 1.29 is 9.32 Å². The van der Waals surface area contributed by atoms with Crippen LogP contribution in [0, 0.1) is 6.92 Å². The lowest BCUT2D eigenvalue weighted by Gasteiger charge is -2.07. The van der Waals surface area contributed by atoms with Gasteiger partial charge < -0.3 is 9.84 Å². The molecular formula is C12H13ClN4O2. The summed E-state index contributed by atoms with van der Waals surface area (Å²) in [6, 6.07) is 1.61. The van der Waals surface area contributed by atoms with Gasteiger partial charge in [-0.15, -0.1) is 0 Å². The summed E-state index contributed by atoms with van der Waals surface area (Å²) >= 11 is 5.94. The normalized spacial score (nSPS) is 10.8. The number of carbonyl (C=O) groups is 1. The van der Waals surface area contributed by atoms with Crippen LogP contribution < -0.4 is 5.32 Å². The molecule has 0 radical (unpaired) electrons. The second-order valence-corrected chi connectivity index (χ2v) is 4.76. The highest BCUT2D eigenvalue weighted by Gasteiger charge is 2.16. The highest BCUT2D eigenvalue weighted by molar-refractivity contribution is 6.33. The lowest BCUT2D eigenvalue weighted by Crippen LogP contribution is -2.16. The summed E-state index contributed by atoms with van der Waals surface area (Å²) in [5.74, 6) is 1.15. The van der Waals surface area contributed by atoms with Crippen molar-refractivity contribution in [1.82, 2.24) is 15.1 Å². The molecule has 1 amide bonds. The van der Waals surface area contributed by atoms with Gasteiger partial charge in [-0.3, -0.25) is 4.79 Å². The molecule has 0 aliphatic heterocycles. The van der Waals surface area contributed by atoms with Crippen LogP contribution in [0.3, 0.4) is 0 Å². The average Bonchev–Trinajstić information content (AvgIpc) is 2.74. The van der Waals surface area contributed by atoms with Crippen LogP contribution in [-0.2, 0) is 0 Å². The molecule has 0 bridgehead atoms. The molecule has 0 aromatic carbocycles. The monoisotopic (exact) mass is 280 g/mol. The maximum atomic E-state index is 12.1. The highest BCUT2D eigenvalue weighted by Crippen LogP contribution is 2.18. The molecule has 1 N–H and O–H groups in total. The molecule has 0 unspecified atom stereocenters. The summed E-state index contributed by atoms with van der Waals surface area (Å²) in [6.07, 6.45) is 1.42. The average molecular weight is 281 g/mol. The van der Waals surface area contributed by atoms with Gasteiger partial charge in [-0.2, -0.15) is 0 Å². The van der Waals surface area contributed by atoms with E-state index in [2.05, 4.69) is 20.4 Å². The molecule has 7 heteroatoms. The first-order valence-electron chi connectivity index (χ1n) is 5.74. The molecule has 0 fully saturated rings. The fraction of sp³-hybridized carbons (Fsp3) is 0.333. The van der Waals surface area contributed by atoms with E-state index in [-0.39, 0.29) is 16.6 Å². The number of aromatic nitrogens is 3. The number of halogens is 1. The van der Waals surface area contributed by atoms with Crippen LogP contribution in [-0.4, -0.2) is 21.0 Å². The van der Waals surface area contributed by atoms with E-state index < -0.39 is 5.91 Å². The second-order valence-electron chi connectivity index (χ2n) is 4.36. The number of nitrogens with zero attached hydrogens (tertiary/aromatic N) is 3. The molecular weight excluding hydrogens is 268 g/mol.